The Labute approximate surface area is 103 Å². The first-order valence-electron chi connectivity index (χ1n) is 6.05. The zero-order valence-corrected chi connectivity index (χ0v) is 13.1. The van der Waals surface area contributed by atoms with E-state index in [0.29, 0.717) is 11.0 Å². The molecule has 0 unspecified atom stereocenters. The van der Waals surface area contributed by atoms with Crippen molar-refractivity contribution in [1.82, 2.24) is 0 Å². The van der Waals surface area contributed by atoms with Crippen LogP contribution in [0.2, 0.25) is 18.1 Å². The predicted molar refractivity (Wildman–Crippen MR) is 76.3 cm³/mol. The van der Waals surface area contributed by atoms with E-state index >= 15 is 0 Å². The average Bonchev–Trinajstić information content (AvgIpc) is 2.13. The Kier molecular flexibility index (Phi) is 5.70. The quantitative estimate of drug-likeness (QED) is 0.496. The maximum absolute atomic E-state index is 6.16. The van der Waals surface area contributed by atoms with Crippen LogP contribution < -0.4 is 0 Å². The van der Waals surface area contributed by atoms with Crippen molar-refractivity contribution in [2.75, 3.05) is 6.61 Å². The van der Waals surface area contributed by atoms with Gasteiger partial charge in [0.2, 0.25) is 0 Å². The van der Waals surface area contributed by atoms with Gasteiger partial charge in [0.1, 0.15) is 0 Å². The van der Waals surface area contributed by atoms with Crippen molar-refractivity contribution >= 4 is 8.32 Å². The predicted octanol–water partition coefficient (Wildman–Crippen LogP) is 4.78. The van der Waals surface area contributed by atoms with Gasteiger partial charge in [-0.25, -0.2) is 0 Å². The second kappa shape index (κ2) is 5.83. The van der Waals surface area contributed by atoms with Gasteiger partial charge in [-0.1, -0.05) is 52.0 Å². The molecule has 0 fully saturated rings. The summed E-state index contributed by atoms with van der Waals surface area (Å²) in [6, 6.07) is 0. The first-order valence-corrected chi connectivity index (χ1v) is 8.96. The molecule has 0 saturated heterocycles. The van der Waals surface area contributed by atoms with Gasteiger partial charge >= 0.3 is 0 Å². The summed E-state index contributed by atoms with van der Waals surface area (Å²) in [7, 11) is -1.58. The highest BCUT2D eigenvalue weighted by atomic mass is 28.4. The first-order chi connectivity index (χ1) is 7.10. The van der Waals surface area contributed by atoms with Crippen LogP contribution in [-0.4, -0.2) is 14.9 Å². The molecule has 0 spiro atoms. The lowest BCUT2D eigenvalue weighted by atomic mass is 10.1. The zero-order valence-electron chi connectivity index (χ0n) is 12.1. The Morgan fingerprint density at radius 1 is 1.38 bits per heavy atom. The Morgan fingerprint density at radius 3 is 2.25 bits per heavy atom. The standard InChI is InChI=1S/C14H28OSi/c1-9-12(2)10-13(3)11-15-16(7,8)14(4,5)6/h9-10,13H,1,11H2,2-8H3/b12-10-/t13-/m1/s1. The lowest BCUT2D eigenvalue weighted by Gasteiger charge is -2.36. The Balaban J connectivity index is 4.31. The minimum Gasteiger partial charge on any atom is -0.416 e. The maximum atomic E-state index is 6.16. The molecule has 0 radical (unpaired) electrons. The van der Waals surface area contributed by atoms with Gasteiger partial charge in [-0.3, -0.25) is 0 Å². The van der Waals surface area contributed by atoms with E-state index in [9.17, 15) is 0 Å². The summed E-state index contributed by atoms with van der Waals surface area (Å²) in [5.74, 6) is 0.465. The smallest absolute Gasteiger partial charge is 0.192 e. The molecule has 0 saturated carbocycles. The lowest BCUT2D eigenvalue weighted by Crippen LogP contribution is -2.41. The van der Waals surface area contributed by atoms with Crippen molar-refractivity contribution in [2.45, 2.75) is 52.8 Å². The molecule has 1 nitrogen and oxygen atoms in total. The molecule has 2 heteroatoms. The summed E-state index contributed by atoms with van der Waals surface area (Å²) in [5, 5.41) is 0.296. The van der Waals surface area contributed by atoms with Crippen LogP contribution in [0.3, 0.4) is 0 Å². The highest BCUT2D eigenvalue weighted by Gasteiger charge is 2.37. The fraction of sp³-hybridized carbons (Fsp3) is 0.714. The monoisotopic (exact) mass is 240 g/mol. The summed E-state index contributed by atoms with van der Waals surface area (Å²) >= 11 is 0. The highest BCUT2D eigenvalue weighted by molar-refractivity contribution is 6.74. The largest absolute Gasteiger partial charge is 0.416 e. The van der Waals surface area contributed by atoms with Crippen molar-refractivity contribution in [3.05, 3.63) is 24.3 Å². The van der Waals surface area contributed by atoms with Gasteiger partial charge in [-0.05, 0) is 31.0 Å². The van der Waals surface area contributed by atoms with Crippen LogP contribution in [-0.2, 0) is 4.43 Å². The van der Waals surface area contributed by atoms with Crippen molar-refractivity contribution in [3.63, 3.8) is 0 Å². The van der Waals surface area contributed by atoms with Gasteiger partial charge in [0.15, 0.2) is 8.32 Å². The molecule has 94 valence electrons. The van der Waals surface area contributed by atoms with E-state index in [1.54, 1.807) is 0 Å². The third-order valence-electron chi connectivity index (χ3n) is 3.38. The van der Waals surface area contributed by atoms with Crippen LogP contribution in [0.1, 0.15) is 34.6 Å². The molecule has 0 aliphatic heterocycles. The van der Waals surface area contributed by atoms with E-state index in [4.69, 9.17) is 4.43 Å². The molecule has 0 N–H and O–H groups in total. The zero-order chi connectivity index (χ0) is 13.0. The van der Waals surface area contributed by atoms with E-state index in [1.165, 1.54) is 5.57 Å². The minimum absolute atomic E-state index is 0.296. The summed E-state index contributed by atoms with van der Waals surface area (Å²) < 4.78 is 6.16. The molecule has 0 heterocycles. The van der Waals surface area contributed by atoms with E-state index in [2.05, 4.69) is 60.4 Å². The lowest BCUT2D eigenvalue weighted by molar-refractivity contribution is 0.259. The van der Waals surface area contributed by atoms with Gasteiger partial charge in [-0.15, -0.1) is 0 Å². The highest BCUT2D eigenvalue weighted by Crippen LogP contribution is 2.36. The second-order valence-electron chi connectivity index (χ2n) is 6.16. The van der Waals surface area contributed by atoms with Crippen LogP contribution in [0.4, 0.5) is 0 Å². The maximum Gasteiger partial charge on any atom is 0.192 e. The molecule has 0 aliphatic carbocycles. The van der Waals surface area contributed by atoms with Gasteiger partial charge < -0.3 is 4.43 Å². The van der Waals surface area contributed by atoms with Gasteiger partial charge in [0.05, 0.1) is 0 Å². The Morgan fingerprint density at radius 2 is 1.88 bits per heavy atom. The van der Waals surface area contributed by atoms with Crippen LogP contribution in [0.5, 0.6) is 0 Å². The SMILES string of the molecule is C=C/C(C)=C\[C@@H](C)CO[Si](C)(C)C(C)(C)C. The molecule has 0 aromatic heterocycles. The minimum atomic E-state index is -1.58. The summed E-state index contributed by atoms with van der Waals surface area (Å²) in [5.41, 5.74) is 1.23. The number of allylic oxidation sites excluding steroid dienone is 2. The Bertz CT molecular complexity index is 258. The Hall–Kier alpha value is -0.343. The van der Waals surface area contributed by atoms with E-state index in [0.717, 1.165) is 6.61 Å². The van der Waals surface area contributed by atoms with Crippen LogP contribution in [0.25, 0.3) is 0 Å². The van der Waals surface area contributed by atoms with E-state index < -0.39 is 8.32 Å². The van der Waals surface area contributed by atoms with E-state index in [-0.39, 0.29) is 0 Å². The van der Waals surface area contributed by atoms with Crippen molar-refractivity contribution in [2.24, 2.45) is 5.92 Å². The molecule has 0 aromatic carbocycles. The van der Waals surface area contributed by atoms with Crippen LogP contribution in [0.15, 0.2) is 24.3 Å². The average molecular weight is 240 g/mol. The third-order valence-corrected chi connectivity index (χ3v) is 7.88. The first kappa shape index (κ1) is 15.7. The van der Waals surface area contributed by atoms with Gasteiger partial charge in [0.25, 0.3) is 0 Å². The molecule has 0 amide bonds. The summed E-state index contributed by atoms with van der Waals surface area (Å²) in [6.07, 6.45) is 4.11. The molecule has 0 rings (SSSR count). The fourth-order valence-corrected chi connectivity index (χ4v) is 2.23. The topological polar surface area (TPSA) is 9.23 Å². The van der Waals surface area contributed by atoms with E-state index in [1.807, 2.05) is 6.08 Å². The van der Waals surface area contributed by atoms with Crippen LogP contribution >= 0.6 is 0 Å². The van der Waals surface area contributed by atoms with Crippen molar-refractivity contribution < 1.29 is 4.43 Å². The fourth-order valence-electron chi connectivity index (χ4n) is 1.12. The number of rotatable bonds is 5. The summed E-state index contributed by atoms with van der Waals surface area (Å²) in [4.78, 5) is 0. The molecule has 1 atom stereocenters. The van der Waals surface area contributed by atoms with Gasteiger partial charge in [0, 0.05) is 6.61 Å². The van der Waals surface area contributed by atoms with Gasteiger partial charge in [-0.2, -0.15) is 0 Å². The number of hydrogen-bond donors (Lipinski definition) is 0. The summed E-state index contributed by atoms with van der Waals surface area (Å²) in [6.45, 7) is 20.3. The van der Waals surface area contributed by atoms with Crippen molar-refractivity contribution in [3.8, 4) is 0 Å². The molecule has 0 bridgehead atoms. The molecule has 0 aliphatic rings. The van der Waals surface area contributed by atoms with Crippen LogP contribution in [0, 0.1) is 5.92 Å². The normalized spacial score (nSPS) is 16.1. The second-order valence-corrected chi connectivity index (χ2v) is 11.0. The number of hydrogen-bond acceptors (Lipinski definition) is 1. The third kappa shape index (κ3) is 5.13. The molecular formula is C14H28OSi. The molecular weight excluding hydrogens is 212 g/mol. The van der Waals surface area contributed by atoms with Crippen molar-refractivity contribution in [1.29, 1.82) is 0 Å². The molecule has 16 heavy (non-hydrogen) atoms. The molecule has 0 aromatic rings.